The minimum atomic E-state index is -1.40. The van der Waals surface area contributed by atoms with E-state index in [0.29, 0.717) is 35.0 Å². The van der Waals surface area contributed by atoms with Gasteiger partial charge in [0.05, 0.1) is 12.5 Å². The van der Waals surface area contributed by atoms with Crippen molar-refractivity contribution in [2.24, 2.45) is 7.05 Å². The Bertz CT molecular complexity index is 1100. The number of imidazole rings is 2. The first-order valence-corrected chi connectivity index (χ1v) is 9.64. The Morgan fingerprint density at radius 2 is 2.07 bits per heavy atom. The predicted molar refractivity (Wildman–Crippen MR) is 107 cm³/mol. The van der Waals surface area contributed by atoms with Crippen molar-refractivity contribution < 1.29 is 19.7 Å². The fraction of sp³-hybridized carbons (Fsp3) is 0.471. The zero-order chi connectivity index (χ0) is 21.6. The van der Waals surface area contributed by atoms with Crippen LogP contribution in [0.4, 0.5) is 5.82 Å². The number of aromatic nitrogens is 6. The van der Waals surface area contributed by atoms with Crippen molar-refractivity contribution in [1.29, 1.82) is 0 Å². The van der Waals surface area contributed by atoms with Crippen LogP contribution in [-0.4, -0.2) is 77.1 Å². The van der Waals surface area contributed by atoms with Crippen molar-refractivity contribution in [3.63, 3.8) is 0 Å². The Hall–Kier alpha value is -2.80. The van der Waals surface area contributed by atoms with E-state index in [0.717, 1.165) is 0 Å². The van der Waals surface area contributed by atoms with Crippen molar-refractivity contribution in [2.45, 2.75) is 31.5 Å². The van der Waals surface area contributed by atoms with Gasteiger partial charge in [0.1, 0.15) is 17.9 Å². The number of hydrogen-bond acceptors (Lipinski definition) is 9. The van der Waals surface area contributed by atoms with Crippen LogP contribution in [0.1, 0.15) is 13.2 Å². The summed E-state index contributed by atoms with van der Waals surface area (Å²) >= 11 is 6.04. The second-order valence-corrected chi connectivity index (χ2v) is 7.10. The van der Waals surface area contributed by atoms with Gasteiger partial charge >= 0.3 is 0 Å². The molecule has 4 unspecified atom stereocenters. The molecule has 30 heavy (non-hydrogen) atoms. The molecule has 160 valence electrons. The molecule has 0 aromatic carbocycles. The average Bonchev–Trinajstić information content (AvgIpc) is 3.39. The highest BCUT2D eigenvalue weighted by atomic mass is 35.5. The highest BCUT2D eigenvalue weighted by Crippen LogP contribution is 2.33. The van der Waals surface area contributed by atoms with Crippen LogP contribution < -0.4 is 10.6 Å². The molecule has 3 aromatic heterocycles. The Balaban J connectivity index is 1.79. The quantitative estimate of drug-likeness (QED) is 0.421. The number of rotatable bonds is 5. The second-order valence-electron chi connectivity index (χ2n) is 6.76. The lowest BCUT2D eigenvalue weighted by Gasteiger charge is -2.17. The molecule has 0 saturated carbocycles. The minimum absolute atomic E-state index is 0.274. The van der Waals surface area contributed by atoms with Crippen LogP contribution in [0.3, 0.4) is 0 Å². The molecule has 0 spiro atoms. The summed E-state index contributed by atoms with van der Waals surface area (Å²) in [6, 6.07) is 0. The van der Waals surface area contributed by atoms with E-state index in [2.05, 4.69) is 30.6 Å². The van der Waals surface area contributed by atoms with Crippen molar-refractivity contribution in [2.75, 3.05) is 18.9 Å². The standard InChI is InChI=1S/C17H21ClN8O4/c1-4-20-15(29)11-9(27)10(28)16(30-11)26-6-22-8-13(19-2)23-12(24-14(8)26)7-5-21-17(18)25(7)3/h5-6,9-11,16,27-28H,4H2,1-3H3,(H,20,29)(H,19,23,24). The summed E-state index contributed by atoms with van der Waals surface area (Å²) < 4.78 is 8.78. The number of nitrogens with zero attached hydrogens (tertiary/aromatic N) is 6. The van der Waals surface area contributed by atoms with Crippen LogP contribution in [-0.2, 0) is 16.6 Å². The summed E-state index contributed by atoms with van der Waals surface area (Å²) in [7, 11) is 3.42. The number of likely N-dealkylation sites (N-methyl/N-ethyl adjacent to an activating group) is 1. The van der Waals surface area contributed by atoms with Gasteiger partial charge in [-0.05, 0) is 18.5 Å². The van der Waals surface area contributed by atoms with E-state index in [9.17, 15) is 15.0 Å². The van der Waals surface area contributed by atoms with Gasteiger partial charge in [-0.2, -0.15) is 0 Å². The van der Waals surface area contributed by atoms with E-state index in [1.54, 1.807) is 31.8 Å². The molecule has 4 N–H and O–H groups in total. The van der Waals surface area contributed by atoms with E-state index >= 15 is 0 Å². The largest absolute Gasteiger partial charge is 0.387 e. The van der Waals surface area contributed by atoms with Gasteiger partial charge in [-0.25, -0.2) is 19.9 Å². The zero-order valence-electron chi connectivity index (χ0n) is 16.4. The summed E-state index contributed by atoms with van der Waals surface area (Å²) in [5.74, 6) is 0.259. The number of nitrogens with one attached hydrogen (secondary N) is 2. The van der Waals surface area contributed by atoms with Crippen LogP contribution in [0.25, 0.3) is 22.7 Å². The van der Waals surface area contributed by atoms with Gasteiger partial charge < -0.3 is 30.2 Å². The van der Waals surface area contributed by atoms with Crippen LogP contribution >= 0.6 is 11.6 Å². The smallest absolute Gasteiger partial charge is 0.252 e. The summed E-state index contributed by atoms with van der Waals surface area (Å²) in [6.45, 7) is 2.12. The van der Waals surface area contributed by atoms with Gasteiger partial charge in [-0.3, -0.25) is 9.36 Å². The Kier molecular flexibility index (Phi) is 5.32. The molecule has 12 nitrogen and oxygen atoms in total. The second kappa shape index (κ2) is 7.80. The molecular weight excluding hydrogens is 416 g/mol. The van der Waals surface area contributed by atoms with Crippen LogP contribution in [0, 0.1) is 0 Å². The number of ether oxygens (including phenoxy) is 1. The topological polar surface area (TPSA) is 152 Å². The molecule has 1 saturated heterocycles. The summed E-state index contributed by atoms with van der Waals surface area (Å²) in [5, 5.41) is 26.7. The molecule has 0 radical (unpaired) electrons. The van der Waals surface area contributed by atoms with Crippen LogP contribution in [0.2, 0.25) is 5.28 Å². The number of amides is 1. The Morgan fingerprint density at radius 3 is 2.70 bits per heavy atom. The number of hydrogen-bond donors (Lipinski definition) is 4. The maximum absolute atomic E-state index is 12.2. The maximum Gasteiger partial charge on any atom is 0.252 e. The summed E-state index contributed by atoms with van der Waals surface area (Å²) in [4.78, 5) is 29.6. The lowest BCUT2D eigenvalue weighted by molar-refractivity contribution is -0.137. The van der Waals surface area contributed by atoms with Crippen molar-refractivity contribution in [3.05, 3.63) is 17.8 Å². The third-order valence-corrected chi connectivity index (χ3v) is 5.29. The van der Waals surface area contributed by atoms with Crippen LogP contribution in [0.5, 0.6) is 0 Å². The molecule has 1 aliphatic heterocycles. The SMILES string of the molecule is CCNC(=O)C1OC(n2cnc3c(NC)nc(-c4cnc(Cl)n4C)nc32)C(O)C1O. The van der Waals surface area contributed by atoms with E-state index in [4.69, 9.17) is 16.3 Å². The van der Waals surface area contributed by atoms with Crippen molar-refractivity contribution >= 4 is 34.5 Å². The number of fused-ring (bicyclic) bond motifs is 1. The molecule has 1 amide bonds. The van der Waals surface area contributed by atoms with E-state index < -0.39 is 30.4 Å². The van der Waals surface area contributed by atoms with Crippen molar-refractivity contribution in [1.82, 2.24) is 34.4 Å². The predicted octanol–water partition coefficient (Wildman–Crippen LogP) is -0.323. The highest BCUT2D eigenvalue weighted by molar-refractivity contribution is 6.28. The summed E-state index contributed by atoms with van der Waals surface area (Å²) in [6.07, 6.45) is -2.10. The highest BCUT2D eigenvalue weighted by Gasteiger charge is 2.47. The fourth-order valence-electron chi connectivity index (χ4n) is 3.37. The summed E-state index contributed by atoms with van der Waals surface area (Å²) in [5.41, 5.74) is 1.34. The molecule has 0 bridgehead atoms. The van der Waals surface area contributed by atoms with Gasteiger partial charge in [-0.15, -0.1) is 0 Å². The maximum atomic E-state index is 12.2. The molecular formula is C17H21ClN8O4. The number of carbonyl (C=O) groups excluding carboxylic acids is 1. The van der Waals surface area contributed by atoms with E-state index in [-0.39, 0.29) is 5.28 Å². The molecule has 0 aliphatic carbocycles. The third kappa shape index (κ3) is 3.17. The number of aliphatic hydroxyl groups is 2. The first kappa shape index (κ1) is 20.5. The molecule has 4 atom stereocenters. The minimum Gasteiger partial charge on any atom is -0.387 e. The lowest BCUT2D eigenvalue weighted by Crippen LogP contribution is -2.42. The molecule has 3 aromatic rings. The number of halogens is 1. The van der Waals surface area contributed by atoms with Gasteiger partial charge in [0.25, 0.3) is 5.91 Å². The number of carbonyl (C=O) groups is 1. The molecule has 4 rings (SSSR count). The van der Waals surface area contributed by atoms with Crippen molar-refractivity contribution in [3.8, 4) is 11.5 Å². The first-order chi connectivity index (χ1) is 14.4. The molecule has 13 heteroatoms. The third-order valence-electron chi connectivity index (χ3n) is 4.94. The fourth-order valence-corrected chi connectivity index (χ4v) is 3.51. The average molecular weight is 437 g/mol. The van der Waals surface area contributed by atoms with Crippen LogP contribution in [0.15, 0.2) is 12.5 Å². The molecule has 4 heterocycles. The van der Waals surface area contributed by atoms with E-state index in [1.165, 1.54) is 10.9 Å². The molecule has 1 fully saturated rings. The van der Waals surface area contributed by atoms with Gasteiger partial charge in [-0.1, -0.05) is 0 Å². The van der Waals surface area contributed by atoms with Gasteiger partial charge in [0, 0.05) is 20.6 Å². The molecule has 1 aliphatic rings. The monoisotopic (exact) mass is 436 g/mol. The Morgan fingerprint density at radius 1 is 1.30 bits per heavy atom. The Labute approximate surface area is 175 Å². The first-order valence-electron chi connectivity index (χ1n) is 9.26. The normalized spacial score (nSPS) is 23.8. The number of anilines is 1. The van der Waals surface area contributed by atoms with Gasteiger partial charge in [0.15, 0.2) is 35.1 Å². The van der Waals surface area contributed by atoms with Gasteiger partial charge in [0.2, 0.25) is 5.28 Å². The number of aliphatic hydroxyl groups excluding tert-OH is 2. The lowest BCUT2D eigenvalue weighted by atomic mass is 10.1. The zero-order valence-corrected chi connectivity index (χ0v) is 17.2. The van der Waals surface area contributed by atoms with E-state index in [1.807, 2.05) is 0 Å².